The van der Waals surface area contributed by atoms with Gasteiger partial charge in [-0.05, 0) is 70.7 Å². The number of esters is 1. The van der Waals surface area contributed by atoms with Crippen LogP contribution in [0.4, 0.5) is 20.7 Å². The van der Waals surface area contributed by atoms with Crippen LogP contribution in [0.1, 0.15) is 67.2 Å². The number of hydrogen-bond donors (Lipinski definition) is 3. The summed E-state index contributed by atoms with van der Waals surface area (Å²) in [5.74, 6) is -1.46. The second-order valence-corrected chi connectivity index (χ2v) is 9.42. The van der Waals surface area contributed by atoms with E-state index in [9.17, 15) is 18.8 Å². The Hall–Kier alpha value is -3.69. The number of carbonyl (C=O) groups is 3. The van der Waals surface area contributed by atoms with Crippen LogP contribution in [0.3, 0.4) is 0 Å². The van der Waals surface area contributed by atoms with Crippen molar-refractivity contribution >= 4 is 29.5 Å². The number of carbonyl (C=O) groups excluding carboxylic acids is 3. The van der Waals surface area contributed by atoms with Crippen molar-refractivity contribution in [2.24, 2.45) is 0 Å². The van der Waals surface area contributed by atoms with Crippen molar-refractivity contribution in [3.63, 3.8) is 0 Å². The minimum atomic E-state index is -0.644. The molecule has 10 heteroatoms. The number of rotatable bonds is 6. The van der Waals surface area contributed by atoms with Crippen LogP contribution in [0.5, 0.6) is 0 Å². The molecule has 1 aliphatic carbocycles. The summed E-state index contributed by atoms with van der Waals surface area (Å²) in [6.45, 7) is 5.41. The summed E-state index contributed by atoms with van der Waals surface area (Å²) >= 11 is 0. The molecule has 3 rings (SSSR count). The Morgan fingerprint density at radius 3 is 2.31 bits per heavy atom. The van der Waals surface area contributed by atoms with Gasteiger partial charge in [0.25, 0.3) is 5.91 Å². The van der Waals surface area contributed by atoms with Gasteiger partial charge in [-0.15, -0.1) is 0 Å². The Labute approximate surface area is 203 Å². The molecular weight excluding hydrogens is 455 g/mol. The largest absolute Gasteiger partial charge is 0.465 e. The molecule has 1 heterocycles. The Morgan fingerprint density at radius 2 is 1.69 bits per heavy atom. The molecule has 0 aliphatic heterocycles. The SMILES string of the molecule is COC(=O)c1cccc(Nc2ncc(F)cc2C(=O)N[C@H]2CC[C@@H](NC(=O)OC(C)(C)C)CC2)c1. The molecule has 0 atom stereocenters. The maximum Gasteiger partial charge on any atom is 0.407 e. The summed E-state index contributed by atoms with van der Waals surface area (Å²) in [5, 5.41) is 8.78. The van der Waals surface area contributed by atoms with Crippen molar-refractivity contribution in [3.05, 3.63) is 53.5 Å². The third-order valence-electron chi connectivity index (χ3n) is 5.43. The van der Waals surface area contributed by atoms with Crippen molar-refractivity contribution in [1.82, 2.24) is 15.6 Å². The third-order valence-corrected chi connectivity index (χ3v) is 5.43. The van der Waals surface area contributed by atoms with Crippen LogP contribution in [0.25, 0.3) is 0 Å². The highest BCUT2D eigenvalue weighted by Crippen LogP contribution is 2.23. The van der Waals surface area contributed by atoms with E-state index in [1.54, 1.807) is 45.0 Å². The lowest BCUT2D eigenvalue weighted by Gasteiger charge is -2.30. The number of pyridine rings is 1. The van der Waals surface area contributed by atoms with Crippen LogP contribution in [0.15, 0.2) is 36.5 Å². The summed E-state index contributed by atoms with van der Waals surface area (Å²) in [7, 11) is 1.29. The molecule has 2 aromatic rings. The number of anilines is 2. The summed E-state index contributed by atoms with van der Waals surface area (Å²) in [6, 6.07) is 7.45. The molecular formula is C25H31FN4O5. The van der Waals surface area contributed by atoms with Crippen LogP contribution >= 0.6 is 0 Å². The molecule has 0 spiro atoms. The number of ether oxygens (including phenoxy) is 2. The van der Waals surface area contributed by atoms with Crippen LogP contribution in [0.2, 0.25) is 0 Å². The van der Waals surface area contributed by atoms with Crippen LogP contribution in [0, 0.1) is 5.82 Å². The maximum absolute atomic E-state index is 13.9. The van der Waals surface area contributed by atoms with Gasteiger partial charge in [0, 0.05) is 17.8 Å². The fourth-order valence-corrected chi connectivity index (χ4v) is 3.81. The van der Waals surface area contributed by atoms with Gasteiger partial charge in [0.1, 0.15) is 17.2 Å². The maximum atomic E-state index is 13.9. The quantitative estimate of drug-likeness (QED) is 0.521. The number of alkyl carbamates (subject to hydrolysis) is 1. The number of halogens is 1. The lowest BCUT2D eigenvalue weighted by Crippen LogP contribution is -2.45. The second kappa shape index (κ2) is 11.2. The van der Waals surface area contributed by atoms with Gasteiger partial charge in [0.05, 0.1) is 24.4 Å². The Bertz CT molecular complexity index is 1080. The van der Waals surface area contributed by atoms with Gasteiger partial charge < -0.3 is 25.4 Å². The number of nitrogens with zero attached hydrogens (tertiary/aromatic N) is 1. The Morgan fingerprint density at radius 1 is 1.03 bits per heavy atom. The molecule has 1 aromatic carbocycles. The molecule has 0 bridgehead atoms. The smallest absolute Gasteiger partial charge is 0.407 e. The van der Waals surface area contributed by atoms with Crippen LogP contribution in [-0.2, 0) is 9.47 Å². The lowest BCUT2D eigenvalue weighted by molar-refractivity contribution is 0.0487. The van der Waals surface area contributed by atoms with E-state index in [1.807, 2.05) is 0 Å². The molecule has 35 heavy (non-hydrogen) atoms. The molecule has 1 fully saturated rings. The molecule has 1 saturated carbocycles. The number of nitrogens with one attached hydrogen (secondary N) is 3. The van der Waals surface area contributed by atoms with E-state index in [1.165, 1.54) is 7.11 Å². The molecule has 2 amide bonds. The first kappa shape index (κ1) is 25.9. The van der Waals surface area contributed by atoms with Gasteiger partial charge in [-0.25, -0.2) is 19.0 Å². The van der Waals surface area contributed by atoms with Gasteiger partial charge in [0.2, 0.25) is 0 Å². The number of methoxy groups -OCH3 is 1. The standard InChI is InChI=1S/C25H31FN4O5/c1-25(2,3)35-24(33)30-18-10-8-17(9-11-18)29-22(31)20-13-16(26)14-27-21(20)28-19-7-5-6-15(12-19)23(32)34-4/h5-7,12-14,17-18H,8-11H2,1-4H3,(H,27,28)(H,29,31)(H,30,33)/t17-,18+. The van der Waals surface area contributed by atoms with E-state index < -0.39 is 29.4 Å². The summed E-state index contributed by atoms with van der Waals surface area (Å²) < 4.78 is 24.0. The first-order valence-corrected chi connectivity index (χ1v) is 11.5. The molecule has 188 valence electrons. The average molecular weight is 487 g/mol. The number of benzene rings is 1. The van der Waals surface area contributed by atoms with Crippen molar-refractivity contribution in [2.45, 2.75) is 64.1 Å². The highest BCUT2D eigenvalue weighted by Gasteiger charge is 2.26. The van der Waals surface area contributed by atoms with Gasteiger partial charge in [-0.1, -0.05) is 6.07 Å². The van der Waals surface area contributed by atoms with E-state index in [0.717, 1.165) is 12.3 Å². The fraction of sp³-hybridized carbons (Fsp3) is 0.440. The minimum Gasteiger partial charge on any atom is -0.465 e. The monoisotopic (exact) mass is 486 g/mol. The summed E-state index contributed by atoms with van der Waals surface area (Å²) in [5.41, 5.74) is 0.292. The topological polar surface area (TPSA) is 119 Å². The highest BCUT2D eigenvalue weighted by atomic mass is 19.1. The first-order valence-electron chi connectivity index (χ1n) is 11.5. The van der Waals surface area contributed by atoms with Crippen molar-refractivity contribution < 1.29 is 28.2 Å². The molecule has 0 radical (unpaired) electrons. The summed E-state index contributed by atoms with van der Waals surface area (Å²) in [4.78, 5) is 40.8. The van der Waals surface area contributed by atoms with Crippen molar-refractivity contribution in [2.75, 3.05) is 12.4 Å². The zero-order chi connectivity index (χ0) is 25.6. The van der Waals surface area contributed by atoms with E-state index in [0.29, 0.717) is 36.9 Å². The minimum absolute atomic E-state index is 0.0341. The third kappa shape index (κ3) is 7.66. The predicted octanol–water partition coefficient (Wildman–Crippen LogP) is 4.32. The van der Waals surface area contributed by atoms with Gasteiger partial charge >= 0.3 is 12.1 Å². The Kier molecular flexibility index (Phi) is 8.26. The van der Waals surface area contributed by atoms with E-state index in [-0.39, 0.29) is 23.5 Å². The highest BCUT2D eigenvalue weighted by molar-refractivity contribution is 5.99. The van der Waals surface area contributed by atoms with Gasteiger partial charge in [-0.2, -0.15) is 0 Å². The molecule has 1 aromatic heterocycles. The van der Waals surface area contributed by atoms with Gasteiger partial charge in [-0.3, -0.25) is 4.79 Å². The molecule has 1 aliphatic rings. The number of aromatic nitrogens is 1. The molecule has 3 N–H and O–H groups in total. The first-order chi connectivity index (χ1) is 16.5. The zero-order valence-corrected chi connectivity index (χ0v) is 20.3. The fourth-order valence-electron chi connectivity index (χ4n) is 3.81. The normalized spacial score (nSPS) is 17.7. The van der Waals surface area contributed by atoms with Crippen molar-refractivity contribution in [3.8, 4) is 0 Å². The predicted molar refractivity (Wildman–Crippen MR) is 128 cm³/mol. The van der Waals surface area contributed by atoms with E-state index in [2.05, 4.69) is 20.9 Å². The molecule has 9 nitrogen and oxygen atoms in total. The number of amides is 2. The lowest BCUT2D eigenvalue weighted by atomic mass is 9.91. The average Bonchev–Trinajstić information content (AvgIpc) is 2.80. The van der Waals surface area contributed by atoms with Gasteiger partial charge in [0.15, 0.2) is 0 Å². The Balaban J connectivity index is 1.62. The molecule has 0 saturated heterocycles. The summed E-state index contributed by atoms with van der Waals surface area (Å²) in [6.07, 6.45) is 3.21. The molecule has 0 unspecified atom stereocenters. The van der Waals surface area contributed by atoms with E-state index in [4.69, 9.17) is 9.47 Å². The zero-order valence-electron chi connectivity index (χ0n) is 20.3. The van der Waals surface area contributed by atoms with Crippen molar-refractivity contribution in [1.29, 1.82) is 0 Å². The number of hydrogen-bond acceptors (Lipinski definition) is 7. The van der Waals surface area contributed by atoms with Crippen LogP contribution in [-0.4, -0.2) is 47.7 Å². The second-order valence-electron chi connectivity index (χ2n) is 9.42. The van der Waals surface area contributed by atoms with Crippen LogP contribution < -0.4 is 16.0 Å². The van der Waals surface area contributed by atoms with E-state index >= 15 is 0 Å².